The molecule has 4 rings (SSSR count). The highest BCUT2D eigenvalue weighted by molar-refractivity contribution is 5.81. The number of hydrogen-bond acceptors (Lipinski definition) is 6. The molecule has 204 valence electrons. The second-order valence-electron chi connectivity index (χ2n) is 8.67. The Kier molecular flexibility index (Phi) is 10.3. The molecule has 0 radical (unpaired) electrons. The molecule has 0 atom stereocenters. The first-order valence-electron chi connectivity index (χ1n) is 12.9. The molecule has 0 spiro atoms. The molecule has 0 fully saturated rings. The van der Waals surface area contributed by atoms with E-state index in [1.807, 2.05) is 109 Å². The van der Waals surface area contributed by atoms with Crippen LogP contribution >= 0.6 is 0 Å². The van der Waals surface area contributed by atoms with Crippen LogP contribution in [0.1, 0.15) is 0 Å². The number of amides is 1. The molecule has 0 aliphatic rings. The van der Waals surface area contributed by atoms with Crippen LogP contribution in [0.3, 0.4) is 0 Å². The van der Waals surface area contributed by atoms with Crippen LogP contribution in [0.4, 0.5) is 4.79 Å². The van der Waals surface area contributed by atoms with E-state index in [-0.39, 0.29) is 26.4 Å². The largest absolute Gasteiger partial charge is 0.489 e. The number of benzene rings is 4. The predicted molar refractivity (Wildman–Crippen MR) is 154 cm³/mol. The van der Waals surface area contributed by atoms with Gasteiger partial charge in [-0.15, -0.1) is 0 Å². The molecule has 0 aromatic heterocycles. The van der Waals surface area contributed by atoms with Gasteiger partial charge in [-0.05, 0) is 23.3 Å². The van der Waals surface area contributed by atoms with Gasteiger partial charge in [0.15, 0.2) is 6.10 Å². The molecule has 40 heavy (non-hydrogen) atoms. The molecule has 0 saturated heterocycles. The molecule has 1 N–H and O–H groups in total. The highest BCUT2D eigenvalue weighted by Crippen LogP contribution is 2.31. The minimum absolute atomic E-state index is 0.00742. The molecule has 4 aromatic carbocycles. The molecule has 4 aromatic rings. The van der Waals surface area contributed by atoms with Gasteiger partial charge in [-0.25, -0.2) is 9.59 Å². The zero-order valence-electron chi connectivity index (χ0n) is 22.0. The average Bonchev–Trinajstić information content (AvgIpc) is 3.01. The van der Waals surface area contributed by atoms with Crippen molar-refractivity contribution in [3.05, 3.63) is 122 Å². The second kappa shape index (κ2) is 14.8. The number of alkyl carbamates (subject to hydrolysis) is 1. The lowest BCUT2D eigenvalue weighted by atomic mass is 10.0. The maximum Gasteiger partial charge on any atom is 0.407 e. The summed E-state index contributed by atoms with van der Waals surface area (Å²) in [5.74, 6) is 0.747. The fraction of sp³-hybridized carbons (Fsp3) is 0.152. The molecule has 0 bridgehead atoms. The molecule has 0 saturated carbocycles. The summed E-state index contributed by atoms with van der Waals surface area (Å²) < 4.78 is 22.9. The normalized spacial score (nSPS) is 10.4. The Morgan fingerprint density at radius 2 is 1.18 bits per heavy atom. The van der Waals surface area contributed by atoms with Crippen molar-refractivity contribution in [1.29, 1.82) is 0 Å². The van der Waals surface area contributed by atoms with E-state index in [1.54, 1.807) is 0 Å². The Bertz CT molecular complexity index is 1300. The van der Waals surface area contributed by atoms with Gasteiger partial charge in [-0.1, -0.05) is 104 Å². The first kappa shape index (κ1) is 28.0. The summed E-state index contributed by atoms with van der Waals surface area (Å²) in [5.41, 5.74) is 3.86. The van der Waals surface area contributed by atoms with Crippen molar-refractivity contribution in [3.63, 3.8) is 0 Å². The van der Waals surface area contributed by atoms with Crippen molar-refractivity contribution in [3.8, 4) is 33.8 Å². The van der Waals surface area contributed by atoms with Crippen LogP contribution < -0.4 is 14.8 Å². The van der Waals surface area contributed by atoms with Crippen molar-refractivity contribution in [2.75, 3.05) is 26.4 Å². The van der Waals surface area contributed by atoms with E-state index in [2.05, 4.69) is 11.9 Å². The fourth-order valence-electron chi connectivity index (χ4n) is 3.94. The summed E-state index contributed by atoms with van der Waals surface area (Å²) in [6.45, 7) is 3.52. The minimum atomic E-state index is -0.747. The van der Waals surface area contributed by atoms with Gasteiger partial charge in [0.25, 0.3) is 0 Å². The van der Waals surface area contributed by atoms with Gasteiger partial charge in [0, 0.05) is 17.2 Å². The van der Waals surface area contributed by atoms with Crippen molar-refractivity contribution < 1.29 is 28.5 Å². The van der Waals surface area contributed by atoms with Gasteiger partial charge in [-0.3, -0.25) is 0 Å². The molecule has 7 heteroatoms. The van der Waals surface area contributed by atoms with Crippen LogP contribution in [0.25, 0.3) is 22.3 Å². The molecular formula is C33H31NO6. The number of ether oxygens (including phenoxy) is 4. The van der Waals surface area contributed by atoms with Crippen molar-refractivity contribution in [2.24, 2.45) is 0 Å². The van der Waals surface area contributed by atoms with E-state index < -0.39 is 18.2 Å². The van der Waals surface area contributed by atoms with Crippen LogP contribution in [0, 0.1) is 0 Å². The van der Waals surface area contributed by atoms with Crippen LogP contribution in [0.2, 0.25) is 0 Å². The topological polar surface area (TPSA) is 83.1 Å². The number of carbonyl (C=O) groups excluding carboxylic acids is 2. The monoisotopic (exact) mass is 537 g/mol. The molecule has 1 amide bonds. The van der Waals surface area contributed by atoms with E-state index in [9.17, 15) is 9.59 Å². The van der Waals surface area contributed by atoms with Gasteiger partial charge < -0.3 is 24.3 Å². The van der Waals surface area contributed by atoms with E-state index in [1.165, 1.54) is 0 Å². The Morgan fingerprint density at radius 3 is 1.68 bits per heavy atom. The highest BCUT2D eigenvalue weighted by Gasteiger charge is 2.19. The third-order valence-electron chi connectivity index (χ3n) is 5.85. The number of para-hydroxylation sites is 2. The quantitative estimate of drug-likeness (QED) is 0.122. The second-order valence-corrected chi connectivity index (χ2v) is 8.67. The molecule has 0 heterocycles. The lowest BCUT2D eigenvalue weighted by molar-refractivity contribution is -0.137. The SMILES string of the molecule is C=CC(=O)OCCNC(=O)OC(COc1ccccc1-c1ccccc1)COc1ccccc1-c1ccccc1. The van der Waals surface area contributed by atoms with Crippen molar-refractivity contribution in [2.45, 2.75) is 6.10 Å². The molecule has 0 aliphatic carbocycles. The lowest BCUT2D eigenvalue weighted by Gasteiger charge is -2.21. The smallest absolute Gasteiger partial charge is 0.407 e. The highest BCUT2D eigenvalue weighted by atomic mass is 16.6. The van der Waals surface area contributed by atoms with Gasteiger partial charge in [0.1, 0.15) is 31.3 Å². The van der Waals surface area contributed by atoms with Crippen LogP contribution in [-0.2, 0) is 14.3 Å². The predicted octanol–water partition coefficient (Wildman–Crippen LogP) is 6.30. The average molecular weight is 538 g/mol. The van der Waals surface area contributed by atoms with Crippen LogP contribution in [0.5, 0.6) is 11.5 Å². The molecule has 0 aliphatic heterocycles. The van der Waals surface area contributed by atoms with Gasteiger partial charge in [-0.2, -0.15) is 0 Å². The molecule has 0 unspecified atom stereocenters. The summed E-state index contributed by atoms with van der Waals surface area (Å²) in [6, 6.07) is 35.2. The van der Waals surface area contributed by atoms with E-state index >= 15 is 0 Å². The number of esters is 1. The van der Waals surface area contributed by atoms with Crippen LogP contribution in [-0.4, -0.2) is 44.5 Å². The summed E-state index contributed by atoms with van der Waals surface area (Å²) in [4.78, 5) is 23.8. The molecular weight excluding hydrogens is 506 g/mol. The first-order chi connectivity index (χ1) is 19.6. The summed E-state index contributed by atoms with van der Waals surface area (Å²) >= 11 is 0. The van der Waals surface area contributed by atoms with E-state index in [0.29, 0.717) is 11.5 Å². The Balaban J connectivity index is 1.45. The summed E-state index contributed by atoms with van der Waals surface area (Å²) in [7, 11) is 0. The zero-order valence-corrected chi connectivity index (χ0v) is 22.0. The standard InChI is InChI=1S/C33H31NO6/c1-2-32(35)37-22-21-34-33(36)40-27(23-38-30-19-11-9-17-28(30)25-13-5-3-6-14-25)24-39-31-20-12-10-18-29(31)26-15-7-4-8-16-26/h2-20,27H,1,21-24H2,(H,34,36). The Labute approximate surface area is 234 Å². The van der Waals surface area contributed by atoms with E-state index in [4.69, 9.17) is 18.9 Å². The third kappa shape index (κ3) is 8.23. The van der Waals surface area contributed by atoms with Crippen molar-refractivity contribution >= 4 is 12.1 Å². The first-order valence-corrected chi connectivity index (χ1v) is 12.9. The molecule has 7 nitrogen and oxygen atoms in total. The number of hydrogen-bond donors (Lipinski definition) is 1. The maximum absolute atomic E-state index is 12.6. The van der Waals surface area contributed by atoms with Gasteiger partial charge >= 0.3 is 12.1 Å². The Hall–Kier alpha value is -5.04. The van der Waals surface area contributed by atoms with Gasteiger partial charge in [0.05, 0.1) is 6.54 Å². The third-order valence-corrected chi connectivity index (χ3v) is 5.85. The number of rotatable bonds is 13. The van der Waals surface area contributed by atoms with Gasteiger partial charge in [0.2, 0.25) is 0 Å². The number of nitrogens with one attached hydrogen (secondary N) is 1. The number of carbonyl (C=O) groups is 2. The Morgan fingerprint density at radius 1 is 0.700 bits per heavy atom. The summed E-state index contributed by atoms with van der Waals surface area (Å²) in [6.07, 6.45) is -0.369. The summed E-state index contributed by atoms with van der Waals surface area (Å²) in [5, 5.41) is 2.58. The van der Waals surface area contributed by atoms with Crippen LogP contribution in [0.15, 0.2) is 122 Å². The fourth-order valence-corrected chi connectivity index (χ4v) is 3.94. The minimum Gasteiger partial charge on any atom is -0.489 e. The maximum atomic E-state index is 12.6. The lowest BCUT2D eigenvalue weighted by Crippen LogP contribution is -2.37. The zero-order chi connectivity index (χ0) is 28.0. The van der Waals surface area contributed by atoms with Crippen molar-refractivity contribution in [1.82, 2.24) is 5.32 Å². The van der Waals surface area contributed by atoms with E-state index in [0.717, 1.165) is 28.3 Å².